The molecule has 1 N–H and O–H groups in total. The van der Waals surface area contributed by atoms with Crippen molar-refractivity contribution >= 4 is 0 Å². The molecule has 0 rings (SSSR count). The van der Waals surface area contributed by atoms with Crippen LogP contribution in [0.2, 0.25) is 0 Å². The highest BCUT2D eigenvalue weighted by atomic mass is 16.3. The van der Waals surface area contributed by atoms with Gasteiger partial charge in [-0.1, -0.05) is 30.4 Å². The Kier molecular flexibility index (Phi) is 3.83. The zero-order valence-electron chi connectivity index (χ0n) is 7.46. The number of rotatable bonds is 3. The highest BCUT2D eigenvalue weighted by Crippen LogP contribution is 2.05. The van der Waals surface area contributed by atoms with Gasteiger partial charge in [-0.15, -0.1) is 0 Å². The fraction of sp³-hybridized carbons (Fsp3) is 0.400. The minimum atomic E-state index is -0.883. The number of allylic oxidation sites excluding steroid dienone is 3. The van der Waals surface area contributed by atoms with Crippen molar-refractivity contribution in [1.29, 1.82) is 0 Å². The molecule has 0 saturated heterocycles. The molecule has 1 nitrogen and oxygen atoms in total. The smallest absolute Gasteiger partial charge is 0.0980 e. The maximum Gasteiger partial charge on any atom is 0.0980 e. The molecule has 0 spiro atoms. The molecule has 0 aliphatic heterocycles. The summed E-state index contributed by atoms with van der Waals surface area (Å²) in [6.45, 7) is 9.21. The summed E-state index contributed by atoms with van der Waals surface area (Å²) in [5.74, 6) is 0. The average molecular weight is 152 g/mol. The quantitative estimate of drug-likeness (QED) is 0.486. The van der Waals surface area contributed by atoms with Crippen LogP contribution < -0.4 is 0 Å². The van der Waals surface area contributed by atoms with Gasteiger partial charge in [-0.25, -0.2) is 0 Å². The van der Waals surface area contributed by atoms with Gasteiger partial charge in [-0.3, -0.25) is 0 Å². The van der Waals surface area contributed by atoms with Crippen LogP contribution in [-0.2, 0) is 0 Å². The van der Waals surface area contributed by atoms with Crippen molar-refractivity contribution in [3.05, 3.63) is 36.5 Å². The summed E-state index contributed by atoms with van der Waals surface area (Å²) in [6.07, 6.45) is 6.98. The largest absolute Gasteiger partial charge is 0.382 e. The fourth-order valence-electron chi connectivity index (χ4n) is 0.503. The summed E-state index contributed by atoms with van der Waals surface area (Å²) >= 11 is 0. The first kappa shape index (κ1) is 10.2. The first-order valence-electron chi connectivity index (χ1n) is 3.66. The Morgan fingerprint density at radius 2 is 2.00 bits per heavy atom. The van der Waals surface area contributed by atoms with Crippen molar-refractivity contribution in [2.75, 3.05) is 0 Å². The van der Waals surface area contributed by atoms with Gasteiger partial charge in [0.15, 0.2) is 0 Å². The van der Waals surface area contributed by atoms with E-state index in [0.717, 1.165) is 0 Å². The van der Waals surface area contributed by atoms with Crippen LogP contribution in [-0.4, -0.2) is 10.7 Å². The fourth-order valence-corrected chi connectivity index (χ4v) is 0.503. The van der Waals surface area contributed by atoms with E-state index in [1.54, 1.807) is 13.0 Å². The summed E-state index contributed by atoms with van der Waals surface area (Å²) in [5.41, 5.74) is 0.326. The van der Waals surface area contributed by atoms with Crippen LogP contribution in [0.4, 0.5) is 0 Å². The third-order valence-corrected chi connectivity index (χ3v) is 1.28. The topological polar surface area (TPSA) is 20.2 Å². The minimum absolute atomic E-state index is 0.883. The Hall–Kier alpha value is -0.820. The van der Waals surface area contributed by atoms with E-state index in [1.165, 1.54) is 11.6 Å². The Balaban J connectivity index is 4.13. The third kappa shape index (κ3) is 5.62. The first-order chi connectivity index (χ1) is 4.98. The molecule has 0 bridgehead atoms. The van der Waals surface area contributed by atoms with Crippen LogP contribution in [0.15, 0.2) is 36.5 Å². The van der Waals surface area contributed by atoms with Crippen molar-refractivity contribution in [1.82, 2.24) is 0 Å². The minimum Gasteiger partial charge on any atom is -0.382 e. The van der Waals surface area contributed by atoms with E-state index in [2.05, 4.69) is 6.58 Å². The van der Waals surface area contributed by atoms with Crippen molar-refractivity contribution in [2.24, 2.45) is 0 Å². The Morgan fingerprint density at radius 1 is 1.45 bits per heavy atom. The summed E-state index contributed by atoms with van der Waals surface area (Å²) < 4.78 is 0. The molecular weight excluding hydrogens is 136 g/mol. The summed E-state index contributed by atoms with van der Waals surface area (Å²) in [6, 6.07) is 0. The Labute approximate surface area is 68.7 Å². The number of hydrogen-bond donors (Lipinski definition) is 1. The van der Waals surface area contributed by atoms with Gasteiger partial charge in [0.25, 0.3) is 0 Å². The molecule has 0 aromatic rings. The second-order valence-corrected chi connectivity index (χ2v) is 3.03. The molecule has 0 aromatic heterocycles. The highest BCUT2D eigenvalue weighted by molar-refractivity contribution is 5.16. The average Bonchev–Trinajstić information content (AvgIpc) is 1.87. The van der Waals surface area contributed by atoms with Gasteiger partial charge in [0.1, 0.15) is 0 Å². The van der Waals surface area contributed by atoms with E-state index in [0.29, 0.717) is 0 Å². The Bertz CT molecular complexity index is 181. The van der Waals surface area contributed by atoms with Crippen LogP contribution in [0.1, 0.15) is 20.8 Å². The van der Waals surface area contributed by atoms with Gasteiger partial charge in [-0.05, 0) is 26.8 Å². The van der Waals surface area contributed by atoms with Crippen molar-refractivity contribution < 1.29 is 5.11 Å². The van der Waals surface area contributed by atoms with Gasteiger partial charge in [0.2, 0.25) is 0 Å². The summed E-state index contributed by atoms with van der Waals surface area (Å²) in [4.78, 5) is 0. The lowest BCUT2D eigenvalue weighted by molar-refractivity contribution is 0.164. The first-order valence-corrected chi connectivity index (χ1v) is 3.66. The van der Waals surface area contributed by atoms with E-state index < -0.39 is 5.60 Å². The van der Waals surface area contributed by atoms with E-state index in [4.69, 9.17) is 0 Å². The SMILES string of the molecule is C=CC(C)(O)C=CC=C(C)C. The predicted octanol–water partition coefficient (Wildman–Crippen LogP) is 2.45. The third-order valence-electron chi connectivity index (χ3n) is 1.28. The molecule has 0 saturated carbocycles. The molecule has 0 aliphatic rings. The molecular formula is C10H16O. The highest BCUT2D eigenvalue weighted by Gasteiger charge is 2.07. The lowest BCUT2D eigenvalue weighted by atomic mass is 10.1. The Morgan fingerprint density at radius 3 is 2.36 bits per heavy atom. The van der Waals surface area contributed by atoms with Crippen LogP contribution >= 0.6 is 0 Å². The van der Waals surface area contributed by atoms with Crippen LogP contribution in [0.25, 0.3) is 0 Å². The zero-order valence-corrected chi connectivity index (χ0v) is 7.46. The second-order valence-electron chi connectivity index (χ2n) is 3.03. The molecule has 62 valence electrons. The van der Waals surface area contributed by atoms with Gasteiger partial charge in [-0.2, -0.15) is 0 Å². The van der Waals surface area contributed by atoms with E-state index in [1.807, 2.05) is 26.0 Å². The van der Waals surface area contributed by atoms with Gasteiger partial charge >= 0.3 is 0 Å². The van der Waals surface area contributed by atoms with E-state index in [9.17, 15) is 5.11 Å². The lowest BCUT2D eigenvalue weighted by Gasteiger charge is -2.10. The molecule has 0 fully saturated rings. The monoisotopic (exact) mass is 152 g/mol. The molecule has 0 aliphatic carbocycles. The van der Waals surface area contributed by atoms with Gasteiger partial charge in [0, 0.05) is 0 Å². The maximum absolute atomic E-state index is 9.40. The van der Waals surface area contributed by atoms with Gasteiger partial charge < -0.3 is 5.11 Å². The molecule has 0 heterocycles. The van der Waals surface area contributed by atoms with Crippen LogP contribution in [0, 0.1) is 0 Å². The number of hydrogen-bond acceptors (Lipinski definition) is 1. The van der Waals surface area contributed by atoms with Crippen molar-refractivity contribution in [3.8, 4) is 0 Å². The van der Waals surface area contributed by atoms with Crippen LogP contribution in [0.3, 0.4) is 0 Å². The summed E-state index contributed by atoms with van der Waals surface area (Å²) in [7, 11) is 0. The molecule has 1 heteroatoms. The predicted molar refractivity (Wildman–Crippen MR) is 49.4 cm³/mol. The molecule has 0 aromatic carbocycles. The standard InChI is InChI=1S/C10H16O/c1-5-10(4,11)8-6-7-9(2)3/h5-8,11H,1H2,2-4H3. The normalized spacial score (nSPS) is 16.0. The maximum atomic E-state index is 9.40. The van der Waals surface area contributed by atoms with E-state index >= 15 is 0 Å². The second kappa shape index (κ2) is 4.14. The zero-order chi connectivity index (χ0) is 8.91. The van der Waals surface area contributed by atoms with Crippen molar-refractivity contribution in [2.45, 2.75) is 26.4 Å². The molecule has 1 atom stereocenters. The lowest BCUT2D eigenvalue weighted by Crippen LogP contribution is -2.15. The molecule has 11 heavy (non-hydrogen) atoms. The van der Waals surface area contributed by atoms with Crippen LogP contribution in [0.5, 0.6) is 0 Å². The molecule has 0 radical (unpaired) electrons. The molecule has 0 amide bonds. The number of aliphatic hydroxyl groups is 1. The van der Waals surface area contributed by atoms with Gasteiger partial charge in [0.05, 0.1) is 5.60 Å². The molecule has 1 unspecified atom stereocenters. The van der Waals surface area contributed by atoms with E-state index in [-0.39, 0.29) is 0 Å². The van der Waals surface area contributed by atoms with Crippen molar-refractivity contribution in [3.63, 3.8) is 0 Å². The summed E-state index contributed by atoms with van der Waals surface area (Å²) in [5, 5.41) is 9.40.